The monoisotopic (exact) mass is 200 g/mol. The third-order valence-corrected chi connectivity index (χ3v) is 2.40. The van der Waals surface area contributed by atoms with Crippen LogP contribution in [-0.4, -0.2) is 33.4 Å². The largest absolute Gasteiger partial charge is 0.481 e. The Labute approximate surface area is 80.7 Å². The second-order valence-electron chi connectivity index (χ2n) is 3.52. The molecular formula is C9H12O5. The average molecular weight is 200 g/mol. The smallest absolute Gasteiger partial charge is 0.310 e. The van der Waals surface area contributed by atoms with Gasteiger partial charge in [-0.25, -0.2) is 0 Å². The second kappa shape index (κ2) is 3.79. The standard InChI is InChI=1S/C9H12O5/c1-4-2-5(8(11)12)7(9(13)14)6(10)3-4/h3,5-7,10H,2H2,1H3,(H,11,12)(H,13,14). The molecule has 1 aliphatic rings. The van der Waals surface area contributed by atoms with E-state index in [0.29, 0.717) is 5.57 Å². The lowest BCUT2D eigenvalue weighted by molar-refractivity contribution is -0.157. The molecule has 3 atom stereocenters. The summed E-state index contributed by atoms with van der Waals surface area (Å²) in [7, 11) is 0. The van der Waals surface area contributed by atoms with Gasteiger partial charge in [-0.3, -0.25) is 9.59 Å². The molecule has 78 valence electrons. The van der Waals surface area contributed by atoms with Crippen molar-refractivity contribution >= 4 is 11.9 Å². The third-order valence-electron chi connectivity index (χ3n) is 2.40. The van der Waals surface area contributed by atoms with Crippen LogP contribution in [0, 0.1) is 11.8 Å². The molecular weight excluding hydrogens is 188 g/mol. The Hall–Kier alpha value is -1.36. The Balaban J connectivity index is 2.98. The predicted molar refractivity (Wildman–Crippen MR) is 46.6 cm³/mol. The number of allylic oxidation sites excluding steroid dienone is 1. The average Bonchev–Trinajstić information content (AvgIpc) is 2.01. The summed E-state index contributed by atoms with van der Waals surface area (Å²) in [5.41, 5.74) is 0.711. The first-order chi connectivity index (χ1) is 6.43. The lowest BCUT2D eigenvalue weighted by Crippen LogP contribution is -2.40. The van der Waals surface area contributed by atoms with Crippen molar-refractivity contribution in [2.24, 2.45) is 11.8 Å². The van der Waals surface area contributed by atoms with Gasteiger partial charge in [0, 0.05) is 0 Å². The lowest BCUT2D eigenvalue weighted by Gasteiger charge is -2.28. The molecule has 0 amide bonds. The van der Waals surface area contributed by atoms with Gasteiger partial charge in [0.15, 0.2) is 0 Å². The van der Waals surface area contributed by atoms with Crippen molar-refractivity contribution < 1.29 is 24.9 Å². The van der Waals surface area contributed by atoms with Gasteiger partial charge in [-0.1, -0.05) is 11.6 Å². The van der Waals surface area contributed by atoms with Gasteiger partial charge < -0.3 is 15.3 Å². The third kappa shape index (κ3) is 1.93. The summed E-state index contributed by atoms with van der Waals surface area (Å²) in [4.78, 5) is 21.5. The Bertz CT molecular complexity index is 294. The minimum Gasteiger partial charge on any atom is -0.481 e. The van der Waals surface area contributed by atoms with E-state index in [2.05, 4.69) is 0 Å². The van der Waals surface area contributed by atoms with E-state index < -0.39 is 29.9 Å². The molecule has 0 aromatic carbocycles. The van der Waals surface area contributed by atoms with Crippen LogP contribution in [0.1, 0.15) is 13.3 Å². The minimum atomic E-state index is -1.27. The lowest BCUT2D eigenvalue weighted by atomic mass is 9.78. The van der Waals surface area contributed by atoms with E-state index in [1.807, 2.05) is 0 Å². The number of aliphatic carboxylic acids is 2. The van der Waals surface area contributed by atoms with Crippen molar-refractivity contribution in [2.75, 3.05) is 0 Å². The van der Waals surface area contributed by atoms with Crippen LogP contribution in [0.5, 0.6) is 0 Å². The first-order valence-electron chi connectivity index (χ1n) is 4.24. The van der Waals surface area contributed by atoms with Gasteiger partial charge >= 0.3 is 11.9 Å². The van der Waals surface area contributed by atoms with Crippen molar-refractivity contribution in [1.29, 1.82) is 0 Å². The van der Waals surface area contributed by atoms with Gasteiger partial charge in [0.2, 0.25) is 0 Å². The number of rotatable bonds is 2. The van der Waals surface area contributed by atoms with Crippen LogP contribution >= 0.6 is 0 Å². The first-order valence-corrected chi connectivity index (χ1v) is 4.24. The van der Waals surface area contributed by atoms with Crippen LogP contribution in [0.3, 0.4) is 0 Å². The van der Waals surface area contributed by atoms with Gasteiger partial charge in [0.25, 0.3) is 0 Å². The Morgan fingerprint density at radius 2 is 1.93 bits per heavy atom. The zero-order valence-corrected chi connectivity index (χ0v) is 7.67. The van der Waals surface area contributed by atoms with Gasteiger partial charge in [-0.15, -0.1) is 0 Å². The number of carbonyl (C=O) groups is 2. The van der Waals surface area contributed by atoms with Crippen LogP contribution in [-0.2, 0) is 9.59 Å². The van der Waals surface area contributed by atoms with Crippen LogP contribution in [0.2, 0.25) is 0 Å². The Morgan fingerprint density at radius 3 is 2.36 bits per heavy atom. The van der Waals surface area contributed by atoms with E-state index in [1.165, 1.54) is 6.08 Å². The van der Waals surface area contributed by atoms with Gasteiger partial charge in [0.05, 0.1) is 17.9 Å². The number of hydrogen-bond donors (Lipinski definition) is 3. The zero-order chi connectivity index (χ0) is 10.9. The summed E-state index contributed by atoms with van der Waals surface area (Å²) < 4.78 is 0. The highest BCUT2D eigenvalue weighted by atomic mass is 16.4. The summed E-state index contributed by atoms with van der Waals surface area (Å²) in [6.07, 6.45) is 0.379. The predicted octanol–water partition coefficient (Wildman–Crippen LogP) is 0.0989. The van der Waals surface area contributed by atoms with E-state index >= 15 is 0 Å². The molecule has 5 nitrogen and oxygen atoms in total. The molecule has 0 aromatic heterocycles. The summed E-state index contributed by atoms with van der Waals surface area (Å²) in [6.45, 7) is 1.68. The van der Waals surface area contributed by atoms with Gasteiger partial charge in [-0.2, -0.15) is 0 Å². The van der Waals surface area contributed by atoms with E-state index in [1.54, 1.807) is 6.92 Å². The molecule has 0 fully saturated rings. The maximum absolute atomic E-state index is 10.8. The van der Waals surface area contributed by atoms with Crippen molar-refractivity contribution in [3.05, 3.63) is 11.6 Å². The highest BCUT2D eigenvalue weighted by Gasteiger charge is 2.40. The van der Waals surface area contributed by atoms with Crippen molar-refractivity contribution in [3.8, 4) is 0 Å². The van der Waals surface area contributed by atoms with Crippen LogP contribution < -0.4 is 0 Å². The normalized spacial score (nSPS) is 32.1. The number of aliphatic hydroxyl groups is 1. The molecule has 0 saturated heterocycles. The summed E-state index contributed by atoms with van der Waals surface area (Å²) in [5.74, 6) is -4.72. The molecule has 3 unspecified atom stereocenters. The molecule has 0 heterocycles. The maximum Gasteiger partial charge on any atom is 0.310 e. The fraction of sp³-hybridized carbons (Fsp3) is 0.556. The van der Waals surface area contributed by atoms with Crippen molar-refractivity contribution in [2.45, 2.75) is 19.4 Å². The van der Waals surface area contributed by atoms with Gasteiger partial charge in [-0.05, 0) is 13.3 Å². The molecule has 14 heavy (non-hydrogen) atoms. The quantitative estimate of drug-likeness (QED) is 0.549. The summed E-state index contributed by atoms with van der Waals surface area (Å²) in [5, 5.41) is 27.0. The van der Waals surface area contributed by atoms with E-state index in [4.69, 9.17) is 10.2 Å². The first kappa shape index (κ1) is 10.7. The zero-order valence-electron chi connectivity index (χ0n) is 7.67. The van der Waals surface area contributed by atoms with Crippen molar-refractivity contribution in [3.63, 3.8) is 0 Å². The molecule has 3 N–H and O–H groups in total. The van der Waals surface area contributed by atoms with Crippen LogP contribution in [0.15, 0.2) is 11.6 Å². The maximum atomic E-state index is 10.8. The molecule has 1 rings (SSSR count). The molecule has 1 aliphatic carbocycles. The minimum absolute atomic E-state index is 0.184. The topological polar surface area (TPSA) is 94.8 Å². The fourth-order valence-corrected chi connectivity index (χ4v) is 1.73. The van der Waals surface area contributed by atoms with E-state index in [-0.39, 0.29) is 6.42 Å². The van der Waals surface area contributed by atoms with Gasteiger partial charge in [0.1, 0.15) is 0 Å². The fourth-order valence-electron chi connectivity index (χ4n) is 1.73. The Kier molecular flexibility index (Phi) is 2.90. The molecule has 0 aromatic rings. The number of aliphatic hydroxyl groups excluding tert-OH is 1. The molecule has 0 bridgehead atoms. The highest BCUT2D eigenvalue weighted by molar-refractivity contribution is 5.81. The number of hydrogen-bond acceptors (Lipinski definition) is 3. The summed E-state index contributed by atoms with van der Waals surface area (Å²) >= 11 is 0. The number of carboxylic acid groups (broad SMARTS) is 2. The van der Waals surface area contributed by atoms with E-state index in [0.717, 1.165) is 0 Å². The molecule has 0 radical (unpaired) electrons. The number of carboxylic acids is 2. The molecule has 0 saturated carbocycles. The van der Waals surface area contributed by atoms with E-state index in [9.17, 15) is 14.7 Å². The summed E-state index contributed by atoms with van der Waals surface area (Å²) in [6, 6.07) is 0. The molecule has 0 aliphatic heterocycles. The molecule has 0 spiro atoms. The van der Waals surface area contributed by atoms with Crippen LogP contribution in [0.25, 0.3) is 0 Å². The van der Waals surface area contributed by atoms with Crippen molar-refractivity contribution in [1.82, 2.24) is 0 Å². The second-order valence-corrected chi connectivity index (χ2v) is 3.52. The SMILES string of the molecule is CC1=CC(O)C(C(=O)O)C(C(=O)O)C1. The highest BCUT2D eigenvalue weighted by Crippen LogP contribution is 2.30. The Morgan fingerprint density at radius 1 is 1.36 bits per heavy atom. The molecule has 5 heteroatoms. The van der Waals surface area contributed by atoms with Crippen LogP contribution in [0.4, 0.5) is 0 Å².